The lowest BCUT2D eigenvalue weighted by Crippen LogP contribution is -2.42. The summed E-state index contributed by atoms with van der Waals surface area (Å²) in [5, 5.41) is 12.4. The molecule has 0 aliphatic heterocycles. The van der Waals surface area contributed by atoms with Crippen molar-refractivity contribution in [3.8, 4) is 0 Å². The van der Waals surface area contributed by atoms with E-state index < -0.39 is 0 Å². The number of aliphatic hydroxyl groups is 1. The molecule has 0 spiro atoms. The maximum atomic E-state index is 12.4. The zero-order chi connectivity index (χ0) is 14.5. The normalized spacial score (nSPS) is 17.9. The Balaban J connectivity index is 2.03. The molecule has 1 unspecified atom stereocenters. The molecule has 3 N–H and O–H groups in total. The summed E-state index contributed by atoms with van der Waals surface area (Å²) >= 11 is 0. The molecular formula is C16H26N2O2. The van der Waals surface area contributed by atoms with Gasteiger partial charge in [0, 0.05) is 18.3 Å². The van der Waals surface area contributed by atoms with Crippen molar-refractivity contribution in [1.82, 2.24) is 10.3 Å². The highest BCUT2D eigenvalue weighted by Crippen LogP contribution is 2.28. The third-order valence-corrected chi connectivity index (χ3v) is 4.35. The highest BCUT2D eigenvalue weighted by molar-refractivity contribution is 5.94. The van der Waals surface area contributed by atoms with Crippen LogP contribution in [0.15, 0.2) is 6.07 Å². The molecule has 2 rings (SSSR count). The lowest BCUT2D eigenvalue weighted by molar-refractivity contribution is 0.0894. The number of aliphatic hydroxyl groups excluding tert-OH is 1. The maximum absolute atomic E-state index is 12.4. The third kappa shape index (κ3) is 3.63. The van der Waals surface area contributed by atoms with Gasteiger partial charge in [-0.1, -0.05) is 19.3 Å². The SMILES string of the molecule is Cc1cc(C)c(C(=O)NC(CCO)C2CCCCC2)[nH]1. The number of aryl methyl sites for hydroxylation is 2. The Kier molecular flexibility index (Phi) is 5.24. The average Bonchev–Trinajstić information content (AvgIpc) is 2.78. The summed E-state index contributed by atoms with van der Waals surface area (Å²) in [7, 11) is 0. The minimum atomic E-state index is -0.0420. The standard InChI is InChI=1S/C16H26N2O2/c1-11-10-12(2)17-15(11)16(20)18-14(8-9-19)13-6-4-3-5-7-13/h10,13-14,17,19H,3-9H2,1-2H3,(H,18,20). The molecule has 0 bridgehead atoms. The highest BCUT2D eigenvalue weighted by atomic mass is 16.3. The predicted molar refractivity (Wildman–Crippen MR) is 79.8 cm³/mol. The zero-order valence-electron chi connectivity index (χ0n) is 12.5. The number of hydrogen-bond donors (Lipinski definition) is 3. The first-order valence-corrected chi connectivity index (χ1v) is 7.69. The Morgan fingerprint density at radius 2 is 2.10 bits per heavy atom. The highest BCUT2D eigenvalue weighted by Gasteiger charge is 2.25. The summed E-state index contributed by atoms with van der Waals surface area (Å²) < 4.78 is 0. The number of H-pyrrole nitrogens is 1. The van der Waals surface area contributed by atoms with Crippen molar-refractivity contribution in [2.45, 2.75) is 58.4 Å². The molecule has 20 heavy (non-hydrogen) atoms. The van der Waals surface area contributed by atoms with Crippen molar-refractivity contribution in [2.75, 3.05) is 6.61 Å². The molecule has 1 aliphatic rings. The van der Waals surface area contributed by atoms with E-state index >= 15 is 0 Å². The number of aromatic amines is 1. The summed E-state index contributed by atoms with van der Waals surface area (Å²) in [6, 6.07) is 2.08. The smallest absolute Gasteiger partial charge is 0.268 e. The second kappa shape index (κ2) is 6.93. The van der Waals surface area contributed by atoms with E-state index in [4.69, 9.17) is 0 Å². The van der Waals surface area contributed by atoms with E-state index in [9.17, 15) is 9.90 Å². The van der Waals surface area contributed by atoms with Gasteiger partial charge in [0.1, 0.15) is 5.69 Å². The van der Waals surface area contributed by atoms with E-state index in [2.05, 4.69) is 10.3 Å². The van der Waals surface area contributed by atoms with Crippen LogP contribution < -0.4 is 5.32 Å². The number of aromatic nitrogens is 1. The molecule has 0 aromatic carbocycles. The second-order valence-electron chi connectivity index (χ2n) is 6.00. The molecule has 1 aromatic rings. The summed E-state index contributed by atoms with van der Waals surface area (Å²) in [4.78, 5) is 15.5. The Morgan fingerprint density at radius 3 is 2.65 bits per heavy atom. The van der Waals surface area contributed by atoms with Gasteiger partial charge in [-0.25, -0.2) is 0 Å². The Labute approximate surface area is 121 Å². The Hall–Kier alpha value is -1.29. The van der Waals surface area contributed by atoms with Gasteiger partial charge in [0.05, 0.1) is 0 Å². The van der Waals surface area contributed by atoms with Gasteiger partial charge in [-0.2, -0.15) is 0 Å². The van der Waals surface area contributed by atoms with Crippen molar-refractivity contribution in [3.05, 3.63) is 23.0 Å². The molecule has 1 aliphatic carbocycles. The van der Waals surface area contributed by atoms with Crippen molar-refractivity contribution in [2.24, 2.45) is 5.92 Å². The van der Waals surface area contributed by atoms with E-state index in [0.717, 1.165) is 24.1 Å². The van der Waals surface area contributed by atoms with Crippen LogP contribution in [0.5, 0.6) is 0 Å². The van der Waals surface area contributed by atoms with E-state index in [1.165, 1.54) is 19.3 Å². The lowest BCUT2D eigenvalue weighted by Gasteiger charge is -2.30. The van der Waals surface area contributed by atoms with E-state index in [-0.39, 0.29) is 18.6 Å². The molecule has 112 valence electrons. The molecule has 1 amide bonds. The molecule has 0 radical (unpaired) electrons. The van der Waals surface area contributed by atoms with Crippen LogP contribution in [0.2, 0.25) is 0 Å². The predicted octanol–water partition coefficient (Wildman–Crippen LogP) is 2.69. The molecule has 4 heteroatoms. The second-order valence-corrected chi connectivity index (χ2v) is 6.00. The minimum Gasteiger partial charge on any atom is -0.396 e. The number of carbonyl (C=O) groups excluding carboxylic acids is 1. The molecule has 1 heterocycles. The maximum Gasteiger partial charge on any atom is 0.268 e. The average molecular weight is 278 g/mol. The van der Waals surface area contributed by atoms with Gasteiger partial charge in [-0.3, -0.25) is 4.79 Å². The molecule has 1 fully saturated rings. The molecule has 1 atom stereocenters. The van der Waals surface area contributed by atoms with Crippen LogP contribution in [0.1, 0.15) is 60.3 Å². The fourth-order valence-corrected chi connectivity index (χ4v) is 3.31. The number of nitrogens with one attached hydrogen (secondary N) is 2. The summed E-state index contributed by atoms with van der Waals surface area (Å²) in [6.07, 6.45) is 6.74. The van der Waals surface area contributed by atoms with Gasteiger partial charge in [-0.05, 0) is 50.7 Å². The monoisotopic (exact) mass is 278 g/mol. The minimum absolute atomic E-state index is 0.0420. The molecule has 1 aromatic heterocycles. The van der Waals surface area contributed by atoms with Gasteiger partial charge in [0.15, 0.2) is 0 Å². The summed E-state index contributed by atoms with van der Waals surface area (Å²) in [6.45, 7) is 4.03. The fourth-order valence-electron chi connectivity index (χ4n) is 3.31. The van der Waals surface area contributed by atoms with Crippen LogP contribution in [-0.2, 0) is 0 Å². The van der Waals surface area contributed by atoms with Crippen molar-refractivity contribution < 1.29 is 9.90 Å². The van der Waals surface area contributed by atoms with E-state index in [1.54, 1.807) is 0 Å². The van der Waals surface area contributed by atoms with Crippen molar-refractivity contribution >= 4 is 5.91 Å². The zero-order valence-corrected chi connectivity index (χ0v) is 12.5. The van der Waals surface area contributed by atoms with Crippen LogP contribution in [0.25, 0.3) is 0 Å². The third-order valence-electron chi connectivity index (χ3n) is 4.35. The van der Waals surface area contributed by atoms with Gasteiger partial charge >= 0.3 is 0 Å². The van der Waals surface area contributed by atoms with E-state index in [1.807, 2.05) is 19.9 Å². The van der Waals surface area contributed by atoms with Crippen molar-refractivity contribution in [3.63, 3.8) is 0 Å². The van der Waals surface area contributed by atoms with Gasteiger partial charge in [0.25, 0.3) is 5.91 Å². The van der Waals surface area contributed by atoms with Crippen LogP contribution in [0.3, 0.4) is 0 Å². The molecular weight excluding hydrogens is 252 g/mol. The van der Waals surface area contributed by atoms with Crippen LogP contribution in [-0.4, -0.2) is 28.6 Å². The van der Waals surface area contributed by atoms with Crippen LogP contribution in [0, 0.1) is 19.8 Å². The van der Waals surface area contributed by atoms with Crippen LogP contribution in [0.4, 0.5) is 0 Å². The summed E-state index contributed by atoms with van der Waals surface area (Å²) in [5.74, 6) is 0.468. The number of amides is 1. The van der Waals surface area contributed by atoms with Gasteiger partial charge in [-0.15, -0.1) is 0 Å². The van der Waals surface area contributed by atoms with Crippen molar-refractivity contribution in [1.29, 1.82) is 0 Å². The largest absolute Gasteiger partial charge is 0.396 e. The van der Waals surface area contributed by atoms with Gasteiger partial charge in [0.2, 0.25) is 0 Å². The first-order chi connectivity index (χ1) is 9.61. The molecule has 4 nitrogen and oxygen atoms in total. The number of carbonyl (C=O) groups is 1. The lowest BCUT2D eigenvalue weighted by atomic mass is 9.82. The topological polar surface area (TPSA) is 65.1 Å². The summed E-state index contributed by atoms with van der Waals surface area (Å²) in [5.41, 5.74) is 2.64. The fraction of sp³-hybridized carbons (Fsp3) is 0.688. The van der Waals surface area contributed by atoms with E-state index in [0.29, 0.717) is 18.0 Å². The number of rotatable bonds is 5. The van der Waals surface area contributed by atoms with Gasteiger partial charge < -0.3 is 15.4 Å². The Bertz CT molecular complexity index is 447. The van der Waals surface area contributed by atoms with Crippen LogP contribution >= 0.6 is 0 Å². The quantitative estimate of drug-likeness (QED) is 0.775. The first kappa shape index (κ1) is 15.1. The molecule has 1 saturated carbocycles. The molecule has 0 saturated heterocycles. The number of hydrogen-bond acceptors (Lipinski definition) is 2. The Morgan fingerprint density at radius 1 is 1.40 bits per heavy atom. The first-order valence-electron chi connectivity index (χ1n) is 7.69.